The number of likely N-dealkylation sites (tertiary alicyclic amines) is 1. The van der Waals surface area contributed by atoms with Crippen molar-refractivity contribution in [2.45, 2.75) is 19.8 Å². The standard InChI is InChI=1S/C16H22N2O3/c1-12-4-2-3-5-13(12)6-8-17-15(19)11-18-9-7-14(10-18)16(20)21/h2-5,14H,6-11H2,1H3,(H,17,19)(H,20,21). The molecule has 21 heavy (non-hydrogen) atoms. The van der Waals surface area contributed by atoms with Crippen LogP contribution in [0.5, 0.6) is 0 Å². The minimum atomic E-state index is -0.766. The molecule has 0 aromatic heterocycles. The number of aliphatic carboxylic acids is 1. The van der Waals surface area contributed by atoms with Crippen LogP contribution in [0.25, 0.3) is 0 Å². The summed E-state index contributed by atoms with van der Waals surface area (Å²) in [6.07, 6.45) is 1.45. The van der Waals surface area contributed by atoms with E-state index in [0.717, 1.165) is 6.42 Å². The van der Waals surface area contributed by atoms with Crippen LogP contribution < -0.4 is 5.32 Å². The van der Waals surface area contributed by atoms with Crippen molar-refractivity contribution in [1.82, 2.24) is 10.2 Å². The second-order valence-electron chi connectivity index (χ2n) is 5.59. The van der Waals surface area contributed by atoms with Crippen molar-refractivity contribution in [3.63, 3.8) is 0 Å². The molecule has 0 spiro atoms. The lowest BCUT2D eigenvalue weighted by Crippen LogP contribution is -2.37. The normalized spacial score (nSPS) is 18.6. The fraction of sp³-hybridized carbons (Fsp3) is 0.500. The van der Waals surface area contributed by atoms with Crippen LogP contribution in [0, 0.1) is 12.8 Å². The molecule has 1 fully saturated rings. The predicted molar refractivity (Wildman–Crippen MR) is 80.1 cm³/mol. The molecule has 1 saturated heterocycles. The first kappa shape index (κ1) is 15.5. The third kappa shape index (κ3) is 4.56. The van der Waals surface area contributed by atoms with E-state index in [-0.39, 0.29) is 18.4 Å². The van der Waals surface area contributed by atoms with Crippen molar-refractivity contribution in [3.05, 3.63) is 35.4 Å². The molecule has 1 aliphatic rings. The average molecular weight is 290 g/mol. The van der Waals surface area contributed by atoms with E-state index in [1.54, 1.807) is 0 Å². The van der Waals surface area contributed by atoms with Crippen LogP contribution in [-0.4, -0.2) is 48.1 Å². The predicted octanol–water partition coefficient (Wildman–Crippen LogP) is 1.06. The summed E-state index contributed by atoms with van der Waals surface area (Å²) in [6.45, 7) is 4.12. The van der Waals surface area contributed by atoms with E-state index in [0.29, 0.717) is 26.1 Å². The first-order chi connectivity index (χ1) is 10.1. The van der Waals surface area contributed by atoms with Gasteiger partial charge in [-0.3, -0.25) is 14.5 Å². The van der Waals surface area contributed by atoms with Crippen LogP contribution in [0.4, 0.5) is 0 Å². The lowest BCUT2D eigenvalue weighted by atomic mass is 10.1. The van der Waals surface area contributed by atoms with Crippen molar-refractivity contribution in [3.8, 4) is 0 Å². The largest absolute Gasteiger partial charge is 0.481 e. The molecule has 1 heterocycles. The number of carbonyl (C=O) groups is 2. The maximum absolute atomic E-state index is 11.9. The highest BCUT2D eigenvalue weighted by Gasteiger charge is 2.28. The zero-order valence-corrected chi connectivity index (χ0v) is 12.3. The molecule has 1 amide bonds. The minimum absolute atomic E-state index is 0.0328. The fourth-order valence-corrected chi connectivity index (χ4v) is 2.66. The zero-order valence-electron chi connectivity index (χ0n) is 12.3. The van der Waals surface area contributed by atoms with Crippen LogP contribution >= 0.6 is 0 Å². The van der Waals surface area contributed by atoms with Crippen molar-refractivity contribution in [2.75, 3.05) is 26.2 Å². The van der Waals surface area contributed by atoms with E-state index in [1.165, 1.54) is 11.1 Å². The highest BCUT2D eigenvalue weighted by Crippen LogP contribution is 2.15. The van der Waals surface area contributed by atoms with Gasteiger partial charge in [-0.1, -0.05) is 24.3 Å². The highest BCUT2D eigenvalue weighted by molar-refractivity contribution is 5.78. The van der Waals surface area contributed by atoms with Crippen molar-refractivity contribution < 1.29 is 14.7 Å². The van der Waals surface area contributed by atoms with Gasteiger partial charge in [0.05, 0.1) is 12.5 Å². The number of aryl methyl sites for hydroxylation is 1. The molecule has 0 radical (unpaired) electrons. The molecule has 1 aromatic rings. The smallest absolute Gasteiger partial charge is 0.307 e. The fourth-order valence-electron chi connectivity index (χ4n) is 2.66. The van der Waals surface area contributed by atoms with Gasteiger partial charge in [0.2, 0.25) is 5.91 Å². The molecule has 5 nitrogen and oxygen atoms in total. The molecule has 1 unspecified atom stereocenters. The molecule has 2 rings (SSSR count). The first-order valence-corrected chi connectivity index (χ1v) is 7.32. The Hall–Kier alpha value is -1.88. The average Bonchev–Trinajstić information content (AvgIpc) is 2.89. The van der Waals surface area contributed by atoms with Gasteiger partial charge in [0.15, 0.2) is 0 Å². The number of nitrogens with one attached hydrogen (secondary N) is 1. The Kier molecular flexibility index (Phi) is 5.33. The second-order valence-corrected chi connectivity index (χ2v) is 5.59. The Bertz CT molecular complexity index is 516. The summed E-state index contributed by atoms with van der Waals surface area (Å²) in [7, 11) is 0. The maximum atomic E-state index is 11.9. The van der Waals surface area contributed by atoms with E-state index < -0.39 is 5.97 Å². The van der Waals surface area contributed by atoms with Crippen LogP contribution in [-0.2, 0) is 16.0 Å². The monoisotopic (exact) mass is 290 g/mol. The summed E-state index contributed by atoms with van der Waals surface area (Å²) in [4.78, 5) is 24.6. The van der Waals surface area contributed by atoms with Crippen LogP contribution in [0.15, 0.2) is 24.3 Å². The van der Waals surface area contributed by atoms with Crippen molar-refractivity contribution in [2.24, 2.45) is 5.92 Å². The van der Waals surface area contributed by atoms with Gasteiger partial charge in [0, 0.05) is 13.1 Å². The van der Waals surface area contributed by atoms with Gasteiger partial charge in [0.25, 0.3) is 0 Å². The van der Waals surface area contributed by atoms with Gasteiger partial charge in [0.1, 0.15) is 0 Å². The number of amides is 1. The molecule has 0 aliphatic carbocycles. The highest BCUT2D eigenvalue weighted by atomic mass is 16.4. The number of hydrogen-bond acceptors (Lipinski definition) is 3. The van der Waals surface area contributed by atoms with Gasteiger partial charge < -0.3 is 10.4 Å². The van der Waals surface area contributed by atoms with E-state index >= 15 is 0 Å². The Morgan fingerprint density at radius 2 is 2.14 bits per heavy atom. The summed E-state index contributed by atoms with van der Waals surface area (Å²) < 4.78 is 0. The molecular formula is C16H22N2O3. The van der Waals surface area contributed by atoms with Gasteiger partial charge >= 0.3 is 5.97 Å². The molecule has 0 saturated carbocycles. The molecule has 1 atom stereocenters. The summed E-state index contributed by atoms with van der Waals surface area (Å²) in [5.74, 6) is -1.13. The molecular weight excluding hydrogens is 268 g/mol. The van der Waals surface area contributed by atoms with E-state index in [9.17, 15) is 9.59 Å². The third-order valence-electron chi connectivity index (χ3n) is 3.97. The number of carboxylic acids is 1. The molecule has 2 N–H and O–H groups in total. The van der Waals surface area contributed by atoms with Crippen LogP contribution in [0.3, 0.4) is 0 Å². The Balaban J connectivity index is 1.69. The topological polar surface area (TPSA) is 69.6 Å². The first-order valence-electron chi connectivity index (χ1n) is 7.32. The lowest BCUT2D eigenvalue weighted by Gasteiger charge is -2.15. The summed E-state index contributed by atoms with van der Waals surface area (Å²) in [6, 6.07) is 8.14. The second kappa shape index (κ2) is 7.22. The SMILES string of the molecule is Cc1ccccc1CCNC(=O)CN1CCC(C(=O)O)C1. The number of carboxylic acid groups (broad SMARTS) is 1. The van der Waals surface area contributed by atoms with Crippen molar-refractivity contribution >= 4 is 11.9 Å². The van der Waals surface area contributed by atoms with Gasteiger partial charge in [-0.2, -0.15) is 0 Å². The van der Waals surface area contributed by atoms with Gasteiger partial charge in [-0.05, 0) is 37.4 Å². The number of carbonyl (C=O) groups excluding carboxylic acids is 1. The van der Waals surface area contributed by atoms with E-state index in [4.69, 9.17) is 5.11 Å². The number of nitrogens with zero attached hydrogens (tertiary/aromatic N) is 1. The van der Waals surface area contributed by atoms with E-state index in [1.807, 2.05) is 17.0 Å². The van der Waals surface area contributed by atoms with Crippen LogP contribution in [0.2, 0.25) is 0 Å². The van der Waals surface area contributed by atoms with Crippen LogP contribution in [0.1, 0.15) is 17.5 Å². The molecule has 0 bridgehead atoms. The number of rotatable bonds is 6. The number of hydrogen-bond donors (Lipinski definition) is 2. The van der Waals surface area contributed by atoms with Gasteiger partial charge in [-0.25, -0.2) is 0 Å². The van der Waals surface area contributed by atoms with Crippen molar-refractivity contribution in [1.29, 1.82) is 0 Å². The lowest BCUT2D eigenvalue weighted by molar-refractivity contribution is -0.141. The molecule has 5 heteroatoms. The molecule has 1 aromatic carbocycles. The van der Waals surface area contributed by atoms with E-state index in [2.05, 4.69) is 24.4 Å². The number of benzene rings is 1. The minimum Gasteiger partial charge on any atom is -0.481 e. The van der Waals surface area contributed by atoms with Gasteiger partial charge in [-0.15, -0.1) is 0 Å². The summed E-state index contributed by atoms with van der Waals surface area (Å²) in [5.41, 5.74) is 2.47. The Morgan fingerprint density at radius 3 is 2.81 bits per heavy atom. The molecule has 1 aliphatic heterocycles. The summed E-state index contributed by atoms with van der Waals surface area (Å²) in [5, 5.41) is 11.8. The third-order valence-corrected chi connectivity index (χ3v) is 3.97. The Labute approximate surface area is 125 Å². The Morgan fingerprint density at radius 1 is 1.38 bits per heavy atom. The molecule has 114 valence electrons. The summed E-state index contributed by atoms with van der Waals surface area (Å²) >= 11 is 0. The maximum Gasteiger partial charge on any atom is 0.307 e. The zero-order chi connectivity index (χ0) is 15.2. The quantitative estimate of drug-likeness (QED) is 0.822.